The molecule has 0 radical (unpaired) electrons. The maximum Gasteiger partial charge on any atom is 0.260 e. The highest BCUT2D eigenvalue weighted by Gasteiger charge is 2.44. The van der Waals surface area contributed by atoms with Crippen LogP contribution in [0.3, 0.4) is 0 Å². The number of hydrogen-bond donors (Lipinski definition) is 2. The summed E-state index contributed by atoms with van der Waals surface area (Å²) in [6, 6.07) is 24.4. The highest BCUT2D eigenvalue weighted by Crippen LogP contribution is 2.47. The average Bonchev–Trinajstić information content (AvgIpc) is 3.37. The van der Waals surface area contributed by atoms with Crippen molar-refractivity contribution in [3.05, 3.63) is 95.6 Å². The van der Waals surface area contributed by atoms with E-state index >= 15 is 0 Å². The van der Waals surface area contributed by atoms with E-state index in [1.165, 1.54) is 0 Å². The molecule has 0 saturated heterocycles. The predicted octanol–water partition coefficient (Wildman–Crippen LogP) is 4.34. The molecule has 3 aromatic carbocycles. The summed E-state index contributed by atoms with van der Waals surface area (Å²) in [6.45, 7) is 3.39. The Hall–Kier alpha value is -4.39. The molecule has 7 nitrogen and oxygen atoms in total. The minimum Gasteiger partial charge on any atom is -0.343 e. The summed E-state index contributed by atoms with van der Waals surface area (Å²) in [5.41, 5.74) is 10.3. The van der Waals surface area contributed by atoms with Crippen molar-refractivity contribution >= 4 is 28.6 Å². The molecule has 2 heterocycles. The summed E-state index contributed by atoms with van der Waals surface area (Å²) in [5, 5.41) is 1.02. The van der Waals surface area contributed by atoms with Crippen LogP contribution in [0.15, 0.2) is 78.9 Å². The molecular weight excluding hydrogens is 452 g/mol. The monoisotopic (exact) mass is 480 g/mol. The van der Waals surface area contributed by atoms with Gasteiger partial charge in [0.05, 0.1) is 11.7 Å². The lowest BCUT2D eigenvalue weighted by Gasteiger charge is -2.31. The summed E-state index contributed by atoms with van der Waals surface area (Å²) in [7, 11) is 2.03. The van der Waals surface area contributed by atoms with Crippen LogP contribution < -0.4 is 10.9 Å². The molecule has 182 valence electrons. The van der Waals surface area contributed by atoms with E-state index < -0.39 is 18.0 Å². The normalized spacial score (nSPS) is 15.6. The maximum atomic E-state index is 13.8. The van der Waals surface area contributed by atoms with Gasteiger partial charge in [0.25, 0.3) is 11.8 Å². The first-order valence-electron chi connectivity index (χ1n) is 12.1. The fraction of sp³-hybridized carbons (Fsp3) is 0.207. The van der Waals surface area contributed by atoms with E-state index in [0.717, 1.165) is 33.3 Å². The number of fused-ring (bicyclic) bond motifs is 2. The van der Waals surface area contributed by atoms with Crippen LogP contribution in [0.5, 0.6) is 0 Å². The van der Waals surface area contributed by atoms with Gasteiger partial charge in [-0.15, -0.1) is 0 Å². The number of amides is 3. The van der Waals surface area contributed by atoms with Gasteiger partial charge in [-0.2, -0.15) is 0 Å². The Morgan fingerprint density at radius 2 is 1.58 bits per heavy atom. The van der Waals surface area contributed by atoms with Crippen LogP contribution in [0, 0.1) is 0 Å². The number of nitrogens with zero attached hydrogens (tertiary/aromatic N) is 2. The molecule has 5 rings (SSSR count). The molecule has 0 aliphatic carbocycles. The van der Waals surface area contributed by atoms with Crippen molar-refractivity contribution < 1.29 is 14.4 Å². The van der Waals surface area contributed by atoms with Gasteiger partial charge in [0.2, 0.25) is 5.91 Å². The number of aromatic nitrogens is 1. The third kappa shape index (κ3) is 3.73. The molecule has 2 atom stereocenters. The summed E-state index contributed by atoms with van der Waals surface area (Å²) in [5.74, 6) is -0.972. The summed E-state index contributed by atoms with van der Waals surface area (Å²) in [6.07, 6.45) is 0.238. The second-order valence-corrected chi connectivity index (χ2v) is 8.97. The number of hydrogen-bond acceptors (Lipinski definition) is 3. The number of rotatable bonds is 5. The van der Waals surface area contributed by atoms with Gasteiger partial charge in [0, 0.05) is 35.5 Å². The molecule has 36 heavy (non-hydrogen) atoms. The highest BCUT2D eigenvalue weighted by atomic mass is 16.2. The maximum absolute atomic E-state index is 13.8. The SMILES string of the molecule is CCC(=O)NNC(=O)C(C)N1C(=O)c2ccccc2C1c1c(-c2ccccc2)n(C)c2ccccc12. The molecule has 1 aliphatic heterocycles. The second kappa shape index (κ2) is 9.34. The lowest BCUT2D eigenvalue weighted by molar-refractivity contribution is -0.131. The van der Waals surface area contributed by atoms with Crippen molar-refractivity contribution in [3.8, 4) is 11.3 Å². The van der Waals surface area contributed by atoms with Gasteiger partial charge in [-0.3, -0.25) is 25.2 Å². The Bertz CT molecular complexity index is 1470. The van der Waals surface area contributed by atoms with Crippen molar-refractivity contribution in [3.63, 3.8) is 0 Å². The predicted molar refractivity (Wildman–Crippen MR) is 139 cm³/mol. The number of carbonyl (C=O) groups excluding carboxylic acids is 3. The van der Waals surface area contributed by atoms with E-state index in [2.05, 4.69) is 39.7 Å². The van der Waals surface area contributed by atoms with Crippen molar-refractivity contribution in [2.45, 2.75) is 32.4 Å². The van der Waals surface area contributed by atoms with E-state index in [1.807, 2.05) is 61.6 Å². The molecule has 0 bridgehead atoms. The zero-order chi connectivity index (χ0) is 25.4. The molecule has 1 aromatic heterocycles. The first-order valence-corrected chi connectivity index (χ1v) is 12.1. The molecule has 3 amide bonds. The van der Waals surface area contributed by atoms with Crippen LogP contribution >= 0.6 is 0 Å². The van der Waals surface area contributed by atoms with E-state index in [4.69, 9.17) is 0 Å². The van der Waals surface area contributed by atoms with Gasteiger partial charge in [-0.25, -0.2) is 0 Å². The number of nitrogens with one attached hydrogen (secondary N) is 2. The van der Waals surface area contributed by atoms with E-state index in [9.17, 15) is 14.4 Å². The fourth-order valence-electron chi connectivity index (χ4n) is 5.13. The molecule has 4 aromatic rings. The molecule has 1 aliphatic rings. The van der Waals surface area contributed by atoms with E-state index in [0.29, 0.717) is 5.56 Å². The Morgan fingerprint density at radius 1 is 0.917 bits per heavy atom. The molecule has 2 unspecified atom stereocenters. The standard InChI is InChI=1S/C29H28N4O3/c1-4-24(34)30-31-28(35)18(2)33-27(20-14-8-9-15-21(20)29(33)36)25-22-16-10-11-17-23(22)32(3)26(25)19-12-6-5-7-13-19/h5-18,27H,4H2,1-3H3,(H,30,34)(H,31,35). The summed E-state index contributed by atoms with van der Waals surface area (Å²) >= 11 is 0. The number of para-hydroxylation sites is 1. The van der Waals surface area contributed by atoms with Gasteiger partial charge in [-0.05, 0) is 30.2 Å². The number of hydrazine groups is 1. The Kier molecular flexibility index (Phi) is 6.06. The molecule has 0 fully saturated rings. The van der Waals surface area contributed by atoms with Gasteiger partial charge in [0.1, 0.15) is 6.04 Å². The molecule has 7 heteroatoms. The van der Waals surface area contributed by atoms with Crippen molar-refractivity contribution in [2.75, 3.05) is 0 Å². The second-order valence-electron chi connectivity index (χ2n) is 8.97. The molecule has 0 saturated carbocycles. The van der Waals surface area contributed by atoms with E-state index in [-0.39, 0.29) is 18.2 Å². The minimum atomic E-state index is -0.838. The molecule has 0 spiro atoms. The largest absolute Gasteiger partial charge is 0.343 e. The van der Waals surface area contributed by atoms with Crippen LogP contribution in [0.25, 0.3) is 22.2 Å². The highest BCUT2D eigenvalue weighted by molar-refractivity contribution is 6.04. The zero-order valence-corrected chi connectivity index (χ0v) is 20.5. The lowest BCUT2D eigenvalue weighted by atomic mass is 9.92. The number of carbonyl (C=O) groups is 3. The lowest BCUT2D eigenvalue weighted by Crippen LogP contribution is -2.52. The minimum absolute atomic E-state index is 0.216. The van der Waals surface area contributed by atoms with Crippen LogP contribution in [0.1, 0.15) is 47.8 Å². The number of aryl methyl sites for hydroxylation is 1. The third-order valence-corrected chi connectivity index (χ3v) is 6.91. The fourth-order valence-corrected chi connectivity index (χ4v) is 5.13. The first-order chi connectivity index (χ1) is 17.4. The quantitative estimate of drug-likeness (QED) is 0.417. The van der Waals surface area contributed by atoms with Gasteiger partial charge >= 0.3 is 0 Å². The number of benzene rings is 3. The Morgan fingerprint density at radius 3 is 2.33 bits per heavy atom. The van der Waals surface area contributed by atoms with Gasteiger partial charge in [0.15, 0.2) is 0 Å². The van der Waals surface area contributed by atoms with Crippen molar-refractivity contribution in [2.24, 2.45) is 7.05 Å². The van der Waals surface area contributed by atoms with E-state index in [1.54, 1.807) is 18.7 Å². The first kappa shape index (κ1) is 23.4. The van der Waals surface area contributed by atoms with Crippen LogP contribution in [-0.2, 0) is 16.6 Å². The van der Waals surface area contributed by atoms with Crippen molar-refractivity contribution in [1.29, 1.82) is 0 Å². The third-order valence-electron chi connectivity index (χ3n) is 6.91. The topological polar surface area (TPSA) is 83.4 Å². The van der Waals surface area contributed by atoms with Crippen LogP contribution in [-0.4, -0.2) is 33.2 Å². The Balaban J connectivity index is 1.71. The average molecular weight is 481 g/mol. The smallest absolute Gasteiger partial charge is 0.260 e. The Labute approximate surface area is 209 Å². The van der Waals surface area contributed by atoms with Crippen LogP contribution in [0.2, 0.25) is 0 Å². The molecular formula is C29H28N4O3. The van der Waals surface area contributed by atoms with Gasteiger partial charge in [-0.1, -0.05) is 73.7 Å². The zero-order valence-electron chi connectivity index (χ0n) is 20.5. The van der Waals surface area contributed by atoms with Gasteiger partial charge < -0.3 is 9.47 Å². The summed E-state index contributed by atoms with van der Waals surface area (Å²) in [4.78, 5) is 40.2. The summed E-state index contributed by atoms with van der Waals surface area (Å²) < 4.78 is 2.15. The van der Waals surface area contributed by atoms with Crippen molar-refractivity contribution in [1.82, 2.24) is 20.3 Å². The molecule has 2 N–H and O–H groups in total. The van der Waals surface area contributed by atoms with Crippen LogP contribution in [0.4, 0.5) is 0 Å².